The number of hydrogen-bond donors (Lipinski definition) is 0. The maximum absolute atomic E-state index is 13.9. The average Bonchev–Trinajstić information content (AvgIpc) is 3.36. The van der Waals surface area contributed by atoms with Crippen molar-refractivity contribution >= 4 is 11.8 Å². The minimum absolute atomic E-state index is 0.0160. The second-order valence-electron chi connectivity index (χ2n) is 8.71. The van der Waals surface area contributed by atoms with Gasteiger partial charge < -0.3 is 0 Å². The Morgan fingerprint density at radius 3 is 2.63 bits per heavy atom. The molecule has 0 unspecified atom stereocenters. The largest absolute Gasteiger partial charge is 0.287 e. The van der Waals surface area contributed by atoms with E-state index in [1.165, 1.54) is 49.7 Å². The molecule has 1 spiro atoms. The number of aromatic nitrogens is 2. The fourth-order valence-corrected chi connectivity index (χ4v) is 6.37. The Morgan fingerprint density at radius 1 is 1.15 bits per heavy atom. The van der Waals surface area contributed by atoms with E-state index in [0.29, 0.717) is 5.92 Å². The van der Waals surface area contributed by atoms with Crippen LogP contribution in [0.2, 0.25) is 0 Å². The van der Waals surface area contributed by atoms with Gasteiger partial charge in [-0.15, -0.1) is 0 Å². The van der Waals surface area contributed by atoms with Gasteiger partial charge in [0, 0.05) is 17.5 Å². The van der Waals surface area contributed by atoms with Gasteiger partial charge in [-0.2, -0.15) is 0 Å². The van der Waals surface area contributed by atoms with Crippen LogP contribution in [-0.2, 0) is 18.4 Å². The molecule has 0 amide bonds. The van der Waals surface area contributed by atoms with Crippen LogP contribution in [0.15, 0.2) is 34.2 Å². The van der Waals surface area contributed by atoms with E-state index in [9.17, 15) is 4.79 Å². The van der Waals surface area contributed by atoms with Crippen LogP contribution >= 0.6 is 11.8 Å². The van der Waals surface area contributed by atoms with Gasteiger partial charge in [0.05, 0.1) is 11.3 Å². The number of rotatable bonds is 3. The summed E-state index contributed by atoms with van der Waals surface area (Å²) in [5, 5.41) is 0.899. The summed E-state index contributed by atoms with van der Waals surface area (Å²) in [6.07, 6.45) is 12.9. The number of thioether (sulfide) groups is 1. The summed E-state index contributed by atoms with van der Waals surface area (Å²) in [7, 11) is 0. The predicted molar refractivity (Wildman–Crippen MR) is 112 cm³/mol. The normalized spacial score (nSPS) is 20.8. The van der Waals surface area contributed by atoms with Crippen molar-refractivity contribution in [1.82, 2.24) is 9.55 Å². The highest BCUT2D eigenvalue weighted by Crippen LogP contribution is 2.50. The molecule has 5 rings (SSSR count). The first-order chi connectivity index (χ1) is 13.2. The van der Waals surface area contributed by atoms with Crippen LogP contribution in [-0.4, -0.2) is 15.8 Å². The molecule has 2 saturated carbocycles. The zero-order valence-electron chi connectivity index (χ0n) is 16.2. The lowest BCUT2D eigenvalue weighted by Gasteiger charge is -2.36. The van der Waals surface area contributed by atoms with Crippen LogP contribution in [0, 0.1) is 5.92 Å². The van der Waals surface area contributed by atoms with Crippen molar-refractivity contribution in [1.29, 1.82) is 0 Å². The van der Waals surface area contributed by atoms with Crippen molar-refractivity contribution in [2.75, 3.05) is 6.26 Å². The van der Waals surface area contributed by atoms with Crippen LogP contribution in [0.5, 0.6) is 0 Å². The summed E-state index contributed by atoms with van der Waals surface area (Å²) in [5.41, 5.74) is 4.85. The van der Waals surface area contributed by atoms with Crippen molar-refractivity contribution in [2.24, 2.45) is 5.92 Å². The molecular weight excluding hydrogens is 352 g/mol. The number of benzene rings is 1. The summed E-state index contributed by atoms with van der Waals surface area (Å²) in [6.45, 7) is 0.854. The molecule has 3 aliphatic carbocycles. The molecule has 0 bridgehead atoms. The van der Waals surface area contributed by atoms with Crippen LogP contribution in [0.3, 0.4) is 0 Å². The van der Waals surface area contributed by atoms with Crippen molar-refractivity contribution in [3.63, 3.8) is 0 Å². The third-order valence-electron chi connectivity index (χ3n) is 7.12. The number of fused-ring (bicyclic) bond motifs is 4. The third kappa shape index (κ3) is 2.79. The van der Waals surface area contributed by atoms with Gasteiger partial charge in [-0.05, 0) is 49.8 Å². The Balaban J connectivity index is 1.73. The van der Waals surface area contributed by atoms with E-state index in [2.05, 4.69) is 30.5 Å². The predicted octanol–water partition coefficient (Wildman–Crippen LogP) is 5.19. The topological polar surface area (TPSA) is 34.9 Å². The van der Waals surface area contributed by atoms with Gasteiger partial charge >= 0.3 is 0 Å². The van der Waals surface area contributed by atoms with Crippen LogP contribution in [0.25, 0.3) is 11.3 Å². The van der Waals surface area contributed by atoms with Crippen molar-refractivity contribution in [2.45, 2.75) is 74.9 Å². The van der Waals surface area contributed by atoms with E-state index in [1.807, 2.05) is 4.57 Å². The third-order valence-corrected chi connectivity index (χ3v) is 7.80. The van der Waals surface area contributed by atoms with Gasteiger partial charge in [-0.25, -0.2) is 4.98 Å². The Kier molecular flexibility index (Phi) is 4.42. The van der Waals surface area contributed by atoms with Gasteiger partial charge in [-0.1, -0.05) is 61.7 Å². The van der Waals surface area contributed by atoms with Gasteiger partial charge in [0.25, 0.3) is 5.56 Å². The highest BCUT2D eigenvalue weighted by Gasteiger charge is 2.44. The maximum Gasteiger partial charge on any atom is 0.258 e. The van der Waals surface area contributed by atoms with Gasteiger partial charge in [0.2, 0.25) is 0 Å². The molecule has 1 aromatic heterocycles. The molecule has 2 fully saturated rings. The molecule has 0 saturated heterocycles. The van der Waals surface area contributed by atoms with Crippen molar-refractivity contribution < 1.29 is 0 Å². The first-order valence-corrected chi connectivity index (χ1v) is 11.7. The maximum atomic E-state index is 13.9. The van der Waals surface area contributed by atoms with Crippen LogP contribution < -0.4 is 5.56 Å². The Morgan fingerprint density at radius 2 is 1.89 bits per heavy atom. The fraction of sp³-hybridized carbons (Fsp3) is 0.565. The molecule has 2 aromatic rings. The SMILES string of the molecule is CSc1nc2c(c(=O)n1CC1CCCC1)C1(CCCC1)Cc1ccccc1-2. The number of nitrogens with zero attached hydrogens (tertiary/aromatic N) is 2. The lowest BCUT2D eigenvalue weighted by atomic mass is 9.68. The summed E-state index contributed by atoms with van der Waals surface area (Å²) in [4.78, 5) is 19.0. The monoisotopic (exact) mass is 380 g/mol. The second kappa shape index (κ2) is 6.80. The molecule has 0 atom stereocenters. The van der Waals surface area contributed by atoms with Crippen molar-refractivity contribution in [3.05, 3.63) is 45.7 Å². The van der Waals surface area contributed by atoms with E-state index < -0.39 is 0 Å². The molecule has 1 heterocycles. The summed E-state index contributed by atoms with van der Waals surface area (Å²) in [6, 6.07) is 8.61. The summed E-state index contributed by atoms with van der Waals surface area (Å²) < 4.78 is 2.04. The molecule has 0 aliphatic heterocycles. The zero-order chi connectivity index (χ0) is 18.4. The highest BCUT2D eigenvalue weighted by atomic mass is 32.2. The quantitative estimate of drug-likeness (QED) is 0.543. The molecule has 0 N–H and O–H groups in total. The van der Waals surface area contributed by atoms with Crippen LogP contribution in [0.1, 0.15) is 62.5 Å². The van der Waals surface area contributed by atoms with Gasteiger partial charge in [0.15, 0.2) is 5.16 Å². The standard InChI is InChI=1S/C23H28N2OS/c1-27-22-24-20-18-11-5-4-10-17(18)14-23(12-6-7-13-23)19(20)21(26)25(22)15-16-8-2-3-9-16/h4-5,10-11,16H,2-3,6-9,12-15H2,1H3. The van der Waals surface area contributed by atoms with E-state index in [1.54, 1.807) is 11.8 Å². The number of hydrogen-bond acceptors (Lipinski definition) is 3. The van der Waals surface area contributed by atoms with Gasteiger partial charge in [0.1, 0.15) is 0 Å². The lowest BCUT2D eigenvalue weighted by molar-refractivity contribution is 0.389. The van der Waals surface area contributed by atoms with E-state index in [4.69, 9.17) is 4.98 Å². The first-order valence-electron chi connectivity index (χ1n) is 10.5. The highest BCUT2D eigenvalue weighted by molar-refractivity contribution is 7.98. The first kappa shape index (κ1) is 17.5. The van der Waals surface area contributed by atoms with E-state index >= 15 is 0 Å². The molecule has 0 radical (unpaired) electrons. The van der Waals surface area contributed by atoms with E-state index in [-0.39, 0.29) is 11.0 Å². The molecule has 3 nitrogen and oxygen atoms in total. The average molecular weight is 381 g/mol. The van der Waals surface area contributed by atoms with Gasteiger partial charge in [-0.3, -0.25) is 9.36 Å². The molecule has 3 aliphatic rings. The summed E-state index contributed by atoms with van der Waals surface area (Å²) >= 11 is 1.62. The van der Waals surface area contributed by atoms with Crippen molar-refractivity contribution in [3.8, 4) is 11.3 Å². The van der Waals surface area contributed by atoms with Crippen LogP contribution in [0.4, 0.5) is 0 Å². The Bertz CT molecular complexity index is 920. The van der Waals surface area contributed by atoms with E-state index in [0.717, 1.165) is 42.2 Å². The zero-order valence-corrected chi connectivity index (χ0v) is 17.0. The Hall–Kier alpha value is -1.55. The Labute approximate surface area is 165 Å². The smallest absolute Gasteiger partial charge is 0.258 e. The molecule has 27 heavy (non-hydrogen) atoms. The second-order valence-corrected chi connectivity index (χ2v) is 9.48. The lowest BCUT2D eigenvalue weighted by Crippen LogP contribution is -2.41. The summed E-state index contributed by atoms with van der Waals surface area (Å²) in [5.74, 6) is 0.642. The minimum atomic E-state index is 0.0160. The molecule has 4 heteroatoms. The fourth-order valence-electron chi connectivity index (χ4n) is 5.81. The molecule has 1 aromatic carbocycles. The molecule has 142 valence electrons. The minimum Gasteiger partial charge on any atom is -0.287 e. The molecular formula is C23H28N2OS.